The number of nitrogens with zero attached hydrogens (tertiary/aromatic N) is 3. The van der Waals surface area contributed by atoms with Crippen LogP contribution >= 0.6 is 15.9 Å². The average Bonchev–Trinajstić information content (AvgIpc) is 3.02. The number of benzene rings is 2. The monoisotopic (exact) mass is 493 g/mol. The quantitative estimate of drug-likeness (QED) is 0.366. The summed E-state index contributed by atoms with van der Waals surface area (Å²) in [5.74, 6) is -1.49. The Morgan fingerprint density at radius 1 is 1.10 bits per heavy atom. The van der Waals surface area contributed by atoms with Crippen LogP contribution in [0.3, 0.4) is 0 Å². The van der Waals surface area contributed by atoms with Gasteiger partial charge in [0.15, 0.2) is 0 Å². The van der Waals surface area contributed by atoms with Crippen molar-refractivity contribution in [3.05, 3.63) is 81.1 Å². The number of ketones is 1. The van der Waals surface area contributed by atoms with E-state index in [2.05, 4.69) is 21.0 Å². The summed E-state index contributed by atoms with van der Waals surface area (Å²) in [6.45, 7) is 3.31. The normalized spacial score (nSPS) is 11.5. The van der Waals surface area contributed by atoms with Gasteiger partial charge in [-0.3, -0.25) is 9.59 Å². The van der Waals surface area contributed by atoms with E-state index in [9.17, 15) is 22.8 Å². The SMILES string of the molecule is Cc1nn(-c2cccc(C(F)(F)F)c2)c(C)c1C(=O)C(=O)N(C)Cc1ccccc1Br. The van der Waals surface area contributed by atoms with Crippen LogP contribution in [0.5, 0.6) is 0 Å². The van der Waals surface area contributed by atoms with Crippen LogP contribution in [0, 0.1) is 13.8 Å². The molecular formula is C22H19BrF3N3O2. The number of carbonyl (C=O) groups is 2. The van der Waals surface area contributed by atoms with Gasteiger partial charge in [-0.15, -0.1) is 0 Å². The molecule has 31 heavy (non-hydrogen) atoms. The number of aryl methyl sites for hydroxylation is 1. The molecule has 9 heteroatoms. The van der Waals surface area contributed by atoms with Gasteiger partial charge in [0.05, 0.1) is 28.2 Å². The first-order chi connectivity index (χ1) is 14.5. The van der Waals surface area contributed by atoms with Gasteiger partial charge >= 0.3 is 6.18 Å². The Balaban J connectivity index is 1.90. The maximum absolute atomic E-state index is 13.1. The molecule has 1 aromatic heterocycles. The number of hydrogen-bond donors (Lipinski definition) is 0. The van der Waals surface area contributed by atoms with Crippen LogP contribution in [0.25, 0.3) is 5.69 Å². The topological polar surface area (TPSA) is 55.2 Å². The number of amides is 1. The molecule has 5 nitrogen and oxygen atoms in total. The fourth-order valence-electron chi connectivity index (χ4n) is 3.27. The standard InChI is InChI=1S/C22H19BrF3N3O2/c1-13-19(20(30)21(31)28(3)12-15-7-4-5-10-18(15)23)14(2)29(27-13)17-9-6-8-16(11-17)22(24,25)26/h4-11H,12H2,1-3H3. The Morgan fingerprint density at radius 3 is 2.42 bits per heavy atom. The zero-order valence-electron chi connectivity index (χ0n) is 17.0. The summed E-state index contributed by atoms with van der Waals surface area (Å²) in [6.07, 6.45) is -4.50. The minimum atomic E-state index is -4.50. The summed E-state index contributed by atoms with van der Waals surface area (Å²) in [6, 6.07) is 12.0. The Morgan fingerprint density at radius 2 is 1.77 bits per heavy atom. The van der Waals surface area contributed by atoms with Crippen molar-refractivity contribution in [2.45, 2.75) is 26.6 Å². The van der Waals surface area contributed by atoms with Gasteiger partial charge in [0.2, 0.25) is 0 Å². The lowest BCUT2D eigenvalue weighted by Gasteiger charge is -2.17. The summed E-state index contributed by atoms with van der Waals surface area (Å²) in [7, 11) is 1.52. The maximum atomic E-state index is 13.1. The molecule has 0 bridgehead atoms. The molecule has 1 heterocycles. The molecule has 0 atom stereocenters. The molecule has 0 aliphatic rings. The Hall–Kier alpha value is -2.94. The van der Waals surface area contributed by atoms with Crippen LogP contribution in [0.2, 0.25) is 0 Å². The summed E-state index contributed by atoms with van der Waals surface area (Å²) in [5.41, 5.74) is 0.811. The highest BCUT2D eigenvalue weighted by Crippen LogP contribution is 2.31. The number of halogens is 4. The molecule has 0 aliphatic heterocycles. The van der Waals surface area contributed by atoms with E-state index in [0.717, 1.165) is 22.2 Å². The lowest BCUT2D eigenvalue weighted by molar-refractivity contribution is -0.137. The molecule has 0 fully saturated rings. The molecule has 0 radical (unpaired) electrons. The molecular weight excluding hydrogens is 475 g/mol. The van der Waals surface area contributed by atoms with E-state index >= 15 is 0 Å². The molecule has 0 unspecified atom stereocenters. The van der Waals surface area contributed by atoms with Crippen LogP contribution in [0.15, 0.2) is 53.0 Å². The number of carbonyl (C=O) groups excluding carboxylic acids is 2. The number of hydrogen-bond acceptors (Lipinski definition) is 3. The van der Waals surface area contributed by atoms with Gasteiger partial charge in [-0.2, -0.15) is 18.3 Å². The Bertz CT molecular complexity index is 1160. The van der Waals surface area contributed by atoms with Gasteiger partial charge in [-0.05, 0) is 43.7 Å². The van der Waals surface area contributed by atoms with Crippen LogP contribution < -0.4 is 0 Å². The fourth-order valence-corrected chi connectivity index (χ4v) is 3.68. The van der Waals surface area contributed by atoms with E-state index in [0.29, 0.717) is 5.69 Å². The lowest BCUT2D eigenvalue weighted by Crippen LogP contribution is -2.33. The van der Waals surface area contributed by atoms with E-state index < -0.39 is 23.4 Å². The van der Waals surface area contributed by atoms with Crippen LogP contribution in [0.1, 0.15) is 32.9 Å². The average molecular weight is 494 g/mol. The summed E-state index contributed by atoms with van der Waals surface area (Å²) >= 11 is 3.41. The molecule has 162 valence electrons. The highest BCUT2D eigenvalue weighted by molar-refractivity contribution is 9.10. The number of Topliss-reactive ketones (excluding diaryl/α,β-unsaturated/α-hetero) is 1. The van der Waals surface area contributed by atoms with Crippen LogP contribution in [-0.2, 0) is 17.5 Å². The highest BCUT2D eigenvalue weighted by atomic mass is 79.9. The number of likely N-dealkylation sites (N-methyl/N-ethyl adjacent to an activating group) is 1. The van der Waals surface area contributed by atoms with Gasteiger partial charge in [0.1, 0.15) is 0 Å². The highest BCUT2D eigenvalue weighted by Gasteiger charge is 2.31. The molecule has 0 saturated heterocycles. The molecule has 0 N–H and O–H groups in total. The second-order valence-corrected chi connectivity index (χ2v) is 7.94. The van der Waals surface area contributed by atoms with E-state index in [1.807, 2.05) is 24.3 Å². The zero-order chi connectivity index (χ0) is 22.9. The molecule has 3 rings (SSSR count). The molecule has 0 spiro atoms. The van der Waals surface area contributed by atoms with Crippen molar-refractivity contribution in [3.8, 4) is 5.69 Å². The predicted molar refractivity (Wildman–Crippen MR) is 113 cm³/mol. The third kappa shape index (κ3) is 4.71. The van der Waals surface area contributed by atoms with Crippen LogP contribution in [-0.4, -0.2) is 33.4 Å². The van der Waals surface area contributed by atoms with Crippen molar-refractivity contribution in [1.82, 2.24) is 14.7 Å². The fraction of sp³-hybridized carbons (Fsp3) is 0.227. The molecule has 2 aromatic carbocycles. The van der Waals surface area contributed by atoms with Gasteiger partial charge in [-0.1, -0.05) is 40.2 Å². The Kier molecular flexibility index (Phi) is 6.35. The van der Waals surface area contributed by atoms with E-state index in [-0.39, 0.29) is 23.5 Å². The summed E-state index contributed by atoms with van der Waals surface area (Å²) < 4.78 is 41.2. The van der Waals surface area contributed by atoms with E-state index in [1.54, 1.807) is 13.8 Å². The lowest BCUT2D eigenvalue weighted by atomic mass is 10.1. The minimum Gasteiger partial charge on any atom is -0.334 e. The van der Waals surface area contributed by atoms with Crippen molar-refractivity contribution in [3.63, 3.8) is 0 Å². The number of rotatable bonds is 5. The second-order valence-electron chi connectivity index (χ2n) is 7.09. The van der Waals surface area contributed by atoms with Gasteiger partial charge < -0.3 is 4.90 Å². The van der Waals surface area contributed by atoms with Crippen molar-refractivity contribution in [2.75, 3.05) is 7.05 Å². The number of aromatic nitrogens is 2. The van der Waals surface area contributed by atoms with Gasteiger partial charge in [-0.25, -0.2) is 4.68 Å². The predicted octanol–water partition coefficient (Wildman–Crippen LogP) is 5.11. The van der Waals surface area contributed by atoms with E-state index in [1.165, 1.54) is 28.8 Å². The first-order valence-electron chi connectivity index (χ1n) is 9.27. The van der Waals surface area contributed by atoms with Crippen molar-refractivity contribution >= 4 is 27.6 Å². The first kappa shape index (κ1) is 22.7. The molecule has 3 aromatic rings. The zero-order valence-corrected chi connectivity index (χ0v) is 18.6. The van der Waals surface area contributed by atoms with Gasteiger partial charge in [0, 0.05) is 18.1 Å². The maximum Gasteiger partial charge on any atom is 0.416 e. The largest absolute Gasteiger partial charge is 0.416 e. The second kappa shape index (κ2) is 8.66. The summed E-state index contributed by atoms with van der Waals surface area (Å²) in [4.78, 5) is 27.0. The van der Waals surface area contributed by atoms with Crippen molar-refractivity contribution in [2.24, 2.45) is 0 Å². The van der Waals surface area contributed by atoms with Gasteiger partial charge in [0.25, 0.3) is 11.7 Å². The molecule has 1 amide bonds. The summed E-state index contributed by atoms with van der Waals surface area (Å²) in [5, 5.41) is 4.21. The minimum absolute atomic E-state index is 0.0846. The third-order valence-corrected chi connectivity index (χ3v) is 5.62. The smallest absolute Gasteiger partial charge is 0.334 e. The number of alkyl halides is 3. The van der Waals surface area contributed by atoms with Crippen molar-refractivity contribution in [1.29, 1.82) is 0 Å². The van der Waals surface area contributed by atoms with E-state index in [4.69, 9.17) is 0 Å². The van der Waals surface area contributed by atoms with Crippen LogP contribution in [0.4, 0.5) is 13.2 Å². The molecule has 0 aliphatic carbocycles. The Labute approximate surface area is 185 Å². The first-order valence-corrected chi connectivity index (χ1v) is 10.1. The van der Waals surface area contributed by atoms with Crippen molar-refractivity contribution < 1.29 is 22.8 Å². The molecule has 0 saturated carbocycles. The third-order valence-electron chi connectivity index (χ3n) is 4.84.